The van der Waals surface area contributed by atoms with Crippen molar-refractivity contribution in [2.45, 2.75) is 11.4 Å². The molecule has 3 heterocycles. The number of aliphatic carboxylic acids is 1. The molecule has 0 unspecified atom stereocenters. The van der Waals surface area contributed by atoms with E-state index in [-0.39, 0.29) is 28.9 Å². The maximum atomic E-state index is 12.9. The van der Waals surface area contributed by atoms with E-state index in [1.165, 1.54) is 18.9 Å². The Balaban J connectivity index is 1.75. The quantitative estimate of drug-likeness (QED) is 0.118. The van der Waals surface area contributed by atoms with Gasteiger partial charge in [0.2, 0.25) is 11.5 Å². The third-order valence-corrected chi connectivity index (χ3v) is 6.89. The number of hydrogen-bond donors (Lipinski definition) is 4. The Bertz CT molecular complexity index is 1140. The molecule has 1 aromatic rings. The first kappa shape index (κ1) is 26.1. The number of nitrogens with zero attached hydrogens (tertiary/aromatic N) is 5. The lowest BCUT2D eigenvalue weighted by molar-refractivity contribution is -0.876. The van der Waals surface area contributed by atoms with E-state index in [1.807, 2.05) is 14.1 Å². The number of carbonyl (C=O) groups excluding carboxylic acids is 3. The van der Waals surface area contributed by atoms with Gasteiger partial charge in [-0.05, 0) is 11.6 Å². The predicted octanol–water partition coefficient (Wildman–Crippen LogP) is -1.67. The van der Waals surface area contributed by atoms with Gasteiger partial charge in [0.1, 0.15) is 24.2 Å². The predicted molar refractivity (Wildman–Crippen MR) is 128 cm³/mol. The van der Waals surface area contributed by atoms with Crippen molar-refractivity contribution in [3.05, 3.63) is 29.2 Å². The minimum absolute atomic E-state index is 0.0528. The van der Waals surface area contributed by atoms with Gasteiger partial charge in [0.25, 0.3) is 17.7 Å². The number of carboxylic acids is 1. The molecule has 1 aromatic heterocycles. The number of oxime groups is 1. The number of likely N-dealkylation sites (N-methyl/N-ethyl adjacent to an activating group) is 1. The van der Waals surface area contributed by atoms with Crippen LogP contribution in [0.4, 0.5) is 5.13 Å². The van der Waals surface area contributed by atoms with E-state index in [2.05, 4.69) is 19.8 Å². The van der Waals surface area contributed by atoms with E-state index in [9.17, 15) is 24.3 Å². The second kappa shape index (κ2) is 10.4. The SMILES string of the molecule is CO/N=C(\C(=O)N[C@@H]1C(=O)N2C(C(=O)O)=C(/C=C/C[N+](C)(C)CC(N)=O)CS[C@@H]12)c1nsc(N)n1. The average Bonchev–Trinajstić information content (AvgIpc) is 3.19. The molecule has 188 valence electrons. The molecule has 2 atom stereocenters. The van der Waals surface area contributed by atoms with E-state index in [0.29, 0.717) is 22.4 Å². The maximum Gasteiger partial charge on any atom is 0.352 e. The topological polar surface area (TPSA) is 203 Å². The summed E-state index contributed by atoms with van der Waals surface area (Å²) in [6.07, 6.45) is 3.38. The highest BCUT2D eigenvalue weighted by Gasteiger charge is 2.54. The zero-order valence-corrected chi connectivity index (χ0v) is 20.8. The molecule has 6 N–H and O–H groups in total. The lowest BCUT2D eigenvalue weighted by atomic mass is 10.0. The highest BCUT2D eigenvalue weighted by molar-refractivity contribution is 8.00. The number of β-lactam (4-membered cyclic amide) rings is 1. The van der Waals surface area contributed by atoms with Gasteiger partial charge in [-0.2, -0.15) is 9.36 Å². The highest BCUT2D eigenvalue weighted by Crippen LogP contribution is 2.40. The summed E-state index contributed by atoms with van der Waals surface area (Å²) in [5.74, 6) is -2.80. The zero-order chi connectivity index (χ0) is 25.9. The number of quaternary nitrogens is 1. The van der Waals surface area contributed by atoms with Gasteiger partial charge in [0, 0.05) is 17.3 Å². The smallest absolute Gasteiger partial charge is 0.352 e. The second-order valence-corrected chi connectivity index (χ2v) is 10.2. The number of amides is 3. The summed E-state index contributed by atoms with van der Waals surface area (Å²) in [7, 11) is 4.87. The standard InChI is InChI=1S/C19H24N8O6S2/c1-27(2,7-10(20)28)6-4-5-9-8-34-17-12(16(30)26(17)13(9)18(31)32)22-15(29)11(24-33-3)14-23-19(21)35-25-14/h4-5,12,17H,6-8H2,1-3H3,(H5-,20,21,22,23,25,28,29,31,32)/p+1/b5-4+,24-11-/t12-,17+/m1/s1. The van der Waals surface area contributed by atoms with E-state index < -0.39 is 35.1 Å². The molecule has 1 saturated heterocycles. The number of thioether (sulfide) groups is 1. The number of hydrogen-bond acceptors (Lipinski definition) is 11. The Kier molecular flexibility index (Phi) is 7.76. The minimum Gasteiger partial charge on any atom is -0.477 e. The third kappa shape index (κ3) is 5.77. The molecular formula is C19H25N8O6S2+. The third-order valence-electron chi connectivity index (χ3n) is 5.04. The van der Waals surface area contributed by atoms with Crippen LogP contribution in [-0.4, -0.2) is 105 Å². The van der Waals surface area contributed by atoms with Crippen molar-refractivity contribution in [1.82, 2.24) is 19.6 Å². The van der Waals surface area contributed by atoms with Crippen LogP contribution in [0.3, 0.4) is 0 Å². The van der Waals surface area contributed by atoms with Gasteiger partial charge in [0.05, 0.1) is 20.6 Å². The van der Waals surface area contributed by atoms with Crippen molar-refractivity contribution in [3.8, 4) is 0 Å². The number of allylic oxidation sites excluding steroid dienone is 1. The molecule has 0 bridgehead atoms. The van der Waals surface area contributed by atoms with E-state index in [0.717, 1.165) is 16.4 Å². The van der Waals surface area contributed by atoms with Crippen LogP contribution in [0, 0.1) is 0 Å². The van der Waals surface area contributed by atoms with Crippen LogP contribution >= 0.6 is 23.3 Å². The Morgan fingerprint density at radius 3 is 2.69 bits per heavy atom. The number of rotatable bonds is 10. The largest absolute Gasteiger partial charge is 0.477 e. The van der Waals surface area contributed by atoms with Crippen LogP contribution < -0.4 is 16.8 Å². The zero-order valence-electron chi connectivity index (χ0n) is 19.1. The van der Waals surface area contributed by atoms with Crippen LogP contribution in [0.15, 0.2) is 28.6 Å². The van der Waals surface area contributed by atoms with Gasteiger partial charge in [0.15, 0.2) is 11.7 Å². The summed E-state index contributed by atoms with van der Waals surface area (Å²) in [5, 5.41) is 15.5. The van der Waals surface area contributed by atoms with Gasteiger partial charge in [-0.1, -0.05) is 11.2 Å². The fourth-order valence-corrected chi connectivity index (χ4v) is 5.31. The molecule has 2 aliphatic heterocycles. The Morgan fingerprint density at radius 1 is 1.40 bits per heavy atom. The lowest BCUT2D eigenvalue weighted by Gasteiger charge is -2.49. The number of primary amides is 1. The summed E-state index contributed by atoms with van der Waals surface area (Å²) in [4.78, 5) is 58.6. The van der Waals surface area contributed by atoms with Crippen molar-refractivity contribution >= 4 is 57.8 Å². The molecule has 1 fully saturated rings. The molecular weight excluding hydrogens is 500 g/mol. The highest BCUT2D eigenvalue weighted by atomic mass is 32.2. The van der Waals surface area contributed by atoms with Crippen molar-refractivity contribution in [1.29, 1.82) is 0 Å². The number of nitrogen functional groups attached to an aromatic ring is 1. The number of nitrogens with one attached hydrogen (secondary N) is 1. The number of anilines is 1. The van der Waals surface area contributed by atoms with Crippen LogP contribution in [0.5, 0.6) is 0 Å². The van der Waals surface area contributed by atoms with E-state index >= 15 is 0 Å². The van der Waals surface area contributed by atoms with E-state index in [1.54, 1.807) is 12.2 Å². The summed E-state index contributed by atoms with van der Waals surface area (Å²) >= 11 is 2.17. The molecule has 0 spiro atoms. The fourth-order valence-electron chi connectivity index (χ4n) is 3.55. The molecule has 3 rings (SSSR count). The number of carboxylic acid groups (broad SMARTS) is 1. The van der Waals surface area contributed by atoms with Crippen LogP contribution in [0.1, 0.15) is 5.82 Å². The van der Waals surface area contributed by atoms with Crippen molar-refractivity contribution in [3.63, 3.8) is 0 Å². The first-order valence-electron chi connectivity index (χ1n) is 10.1. The Morgan fingerprint density at radius 2 is 2.11 bits per heavy atom. The van der Waals surface area contributed by atoms with Gasteiger partial charge < -0.3 is 31.2 Å². The van der Waals surface area contributed by atoms with Gasteiger partial charge in [-0.25, -0.2) is 4.79 Å². The van der Waals surface area contributed by atoms with Gasteiger partial charge in [-0.15, -0.1) is 11.8 Å². The minimum atomic E-state index is -1.26. The summed E-state index contributed by atoms with van der Waals surface area (Å²) < 4.78 is 4.22. The molecule has 16 heteroatoms. The number of fused-ring (bicyclic) bond motifs is 1. The number of carbonyl (C=O) groups is 4. The van der Waals surface area contributed by atoms with Crippen LogP contribution in [0.2, 0.25) is 0 Å². The molecule has 0 radical (unpaired) electrons. The Hall–Kier alpha value is -3.50. The maximum absolute atomic E-state index is 12.9. The van der Waals surface area contributed by atoms with Crippen LogP contribution in [0.25, 0.3) is 0 Å². The van der Waals surface area contributed by atoms with E-state index in [4.69, 9.17) is 16.3 Å². The molecule has 0 aromatic carbocycles. The first-order valence-corrected chi connectivity index (χ1v) is 12.0. The van der Waals surface area contributed by atoms with Crippen molar-refractivity contribution < 1.29 is 33.6 Å². The lowest BCUT2D eigenvalue weighted by Crippen LogP contribution is -2.71. The van der Waals surface area contributed by atoms with Gasteiger partial charge in [-0.3, -0.25) is 19.3 Å². The molecule has 0 saturated carbocycles. The fraction of sp³-hybridized carbons (Fsp3) is 0.421. The molecule has 14 nitrogen and oxygen atoms in total. The monoisotopic (exact) mass is 525 g/mol. The number of nitrogens with two attached hydrogens (primary N) is 2. The summed E-state index contributed by atoms with van der Waals surface area (Å²) in [6.45, 7) is 0.548. The molecule has 35 heavy (non-hydrogen) atoms. The molecule has 3 amide bonds. The Labute approximate surface area is 208 Å². The van der Waals surface area contributed by atoms with Crippen molar-refractivity contribution in [2.75, 3.05) is 45.8 Å². The van der Waals surface area contributed by atoms with Crippen molar-refractivity contribution in [2.24, 2.45) is 10.9 Å². The summed E-state index contributed by atoms with van der Waals surface area (Å²) in [5.41, 5.74) is 10.9. The second-order valence-electron chi connectivity index (χ2n) is 8.26. The first-order chi connectivity index (χ1) is 16.4. The molecule has 0 aliphatic carbocycles. The molecule has 2 aliphatic rings. The average molecular weight is 526 g/mol. The summed E-state index contributed by atoms with van der Waals surface area (Å²) in [6, 6.07) is -0.975. The normalized spacial score (nSPS) is 20.5. The van der Waals surface area contributed by atoms with Crippen LogP contribution in [-0.2, 0) is 24.0 Å². The van der Waals surface area contributed by atoms with Gasteiger partial charge >= 0.3 is 5.97 Å². The number of aromatic nitrogens is 2.